The fraction of sp³-hybridized carbons (Fsp3) is 0.286. The first-order chi connectivity index (χ1) is 8.20. The molecule has 0 amide bonds. The molecule has 1 heterocycles. The van der Waals surface area contributed by atoms with Gasteiger partial charge in [0.2, 0.25) is 0 Å². The van der Waals surface area contributed by atoms with Gasteiger partial charge >= 0.3 is 0 Å². The maximum atomic E-state index is 5.66. The van der Waals surface area contributed by atoms with Crippen LogP contribution in [-0.4, -0.2) is 7.05 Å². The normalized spacial score (nSPS) is 10.5. The zero-order valence-corrected chi connectivity index (χ0v) is 11.1. The standard InChI is InChI=1S/C14H18N2S/c1-11-6-7-17-14(11)16(2)10-13-5-3-4-12(8-13)9-15/h3-8H,9-10,15H2,1-2H3. The second-order valence-corrected chi connectivity index (χ2v) is 5.18. The van der Waals surface area contributed by atoms with Gasteiger partial charge in [0.1, 0.15) is 0 Å². The largest absolute Gasteiger partial charge is 0.362 e. The van der Waals surface area contributed by atoms with Crippen LogP contribution in [-0.2, 0) is 13.1 Å². The van der Waals surface area contributed by atoms with Gasteiger partial charge in [-0.05, 0) is 35.1 Å². The lowest BCUT2D eigenvalue weighted by Gasteiger charge is -2.18. The van der Waals surface area contributed by atoms with Crippen LogP contribution in [0.5, 0.6) is 0 Å². The van der Waals surface area contributed by atoms with Gasteiger partial charge in [0.05, 0.1) is 5.00 Å². The van der Waals surface area contributed by atoms with Crippen molar-refractivity contribution in [3.63, 3.8) is 0 Å². The third-order valence-electron chi connectivity index (χ3n) is 2.83. The smallest absolute Gasteiger partial charge is 0.0938 e. The molecule has 0 saturated heterocycles. The highest BCUT2D eigenvalue weighted by atomic mass is 32.1. The number of thiophene rings is 1. The quantitative estimate of drug-likeness (QED) is 0.898. The van der Waals surface area contributed by atoms with E-state index in [4.69, 9.17) is 5.73 Å². The van der Waals surface area contributed by atoms with Gasteiger partial charge in [0, 0.05) is 20.1 Å². The van der Waals surface area contributed by atoms with Crippen molar-refractivity contribution in [1.29, 1.82) is 0 Å². The Hall–Kier alpha value is -1.32. The molecule has 2 N–H and O–H groups in total. The summed E-state index contributed by atoms with van der Waals surface area (Å²) in [6.07, 6.45) is 0. The maximum absolute atomic E-state index is 5.66. The molecule has 0 atom stereocenters. The van der Waals surface area contributed by atoms with Crippen molar-refractivity contribution in [3.8, 4) is 0 Å². The van der Waals surface area contributed by atoms with Gasteiger partial charge in [0.25, 0.3) is 0 Å². The predicted octanol–water partition coefficient (Wildman–Crippen LogP) is 3.15. The molecule has 0 aliphatic carbocycles. The highest BCUT2D eigenvalue weighted by molar-refractivity contribution is 7.14. The molecular formula is C14H18N2S. The predicted molar refractivity (Wildman–Crippen MR) is 75.5 cm³/mol. The van der Waals surface area contributed by atoms with Crippen molar-refractivity contribution in [3.05, 3.63) is 52.4 Å². The lowest BCUT2D eigenvalue weighted by atomic mass is 10.1. The highest BCUT2D eigenvalue weighted by Crippen LogP contribution is 2.26. The van der Waals surface area contributed by atoms with Crippen LogP contribution < -0.4 is 10.6 Å². The number of hydrogen-bond acceptors (Lipinski definition) is 3. The molecule has 3 heteroatoms. The third-order valence-corrected chi connectivity index (χ3v) is 3.96. The maximum Gasteiger partial charge on any atom is 0.0938 e. The average Bonchev–Trinajstić information content (AvgIpc) is 2.76. The first-order valence-corrected chi connectivity index (χ1v) is 6.62. The average molecular weight is 246 g/mol. The molecule has 0 aliphatic heterocycles. The zero-order valence-electron chi connectivity index (χ0n) is 10.3. The number of benzene rings is 1. The summed E-state index contributed by atoms with van der Waals surface area (Å²) in [5.74, 6) is 0. The molecule has 0 aliphatic rings. The highest BCUT2D eigenvalue weighted by Gasteiger charge is 2.06. The Morgan fingerprint density at radius 3 is 2.65 bits per heavy atom. The van der Waals surface area contributed by atoms with Crippen molar-refractivity contribution < 1.29 is 0 Å². The van der Waals surface area contributed by atoms with Gasteiger partial charge in [-0.3, -0.25) is 0 Å². The van der Waals surface area contributed by atoms with Crippen LogP contribution in [0.4, 0.5) is 5.00 Å². The lowest BCUT2D eigenvalue weighted by molar-refractivity contribution is 0.923. The van der Waals surface area contributed by atoms with Crippen LogP contribution in [0.1, 0.15) is 16.7 Å². The van der Waals surface area contributed by atoms with Gasteiger partial charge < -0.3 is 10.6 Å². The number of nitrogens with zero attached hydrogens (tertiary/aromatic N) is 1. The summed E-state index contributed by atoms with van der Waals surface area (Å²) in [6, 6.07) is 10.6. The summed E-state index contributed by atoms with van der Waals surface area (Å²) in [7, 11) is 2.13. The Morgan fingerprint density at radius 1 is 1.24 bits per heavy atom. The van der Waals surface area contributed by atoms with Gasteiger partial charge in [-0.2, -0.15) is 0 Å². The number of nitrogens with two attached hydrogens (primary N) is 1. The summed E-state index contributed by atoms with van der Waals surface area (Å²) >= 11 is 1.79. The van der Waals surface area contributed by atoms with E-state index in [2.05, 4.69) is 54.6 Å². The molecule has 2 rings (SSSR count). The van der Waals surface area contributed by atoms with Crippen LogP contribution in [0.15, 0.2) is 35.7 Å². The van der Waals surface area contributed by atoms with E-state index in [1.807, 2.05) is 0 Å². The number of hydrogen-bond donors (Lipinski definition) is 1. The fourth-order valence-corrected chi connectivity index (χ4v) is 2.86. The molecule has 0 fully saturated rings. The minimum atomic E-state index is 0.607. The monoisotopic (exact) mass is 246 g/mol. The Bertz CT molecular complexity index is 490. The molecule has 0 spiro atoms. The molecule has 2 aromatic rings. The molecule has 0 bridgehead atoms. The molecule has 0 unspecified atom stereocenters. The zero-order chi connectivity index (χ0) is 12.3. The van der Waals surface area contributed by atoms with Crippen LogP contribution in [0.3, 0.4) is 0 Å². The number of aryl methyl sites for hydroxylation is 1. The van der Waals surface area contributed by atoms with Crippen molar-refractivity contribution in [2.24, 2.45) is 5.73 Å². The van der Waals surface area contributed by atoms with E-state index in [1.165, 1.54) is 21.7 Å². The summed E-state index contributed by atoms with van der Waals surface area (Å²) in [6.45, 7) is 3.68. The molecule has 90 valence electrons. The van der Waals surface area contributed by atoms with E-state index in [1.54, 1.807) is 11.3 Å². The van der Waals surface area contributed by atoms with Crippen molar-refractivity contribution in [2.45, 2.75) is 20.0 Å². The minimum absolute atomic E-state index is 0.607. The Labute approximate surface area is 107 Å². The van der Waals surface area contributed by atoms with Crippen molar-refractivity contribution in [1.82, 2.24) is 0 Å². The van der Waals surface area contributed by atoms with E-state index in [0.29, 0.717) is 6.54 Å². The number of anilines is 1. The molecule has 1 aromatic carbocycles. The van der Waals surface area contributed by atoms with Crippen LogP contribution >= 0.6 is 11.3 Å². The lowest BCUT2D eigenvalue weighted by Crippen LogP contribution is -2.16. The van der Waals surface area contributed by atoms with Gasteiger partial charge in [-0.15, -0.1) is 11.3 Å². The third kappa shape index (κ3) is 2.87. The van der Waals surface area contributed by atoms with Crippen LogP contribution in [0.25, 0.3) is 0 Å². The Balaban J connectivity index is 2.13. The summed E-state index contributed by atoms with van der Waals surface area (Å²) in [5.41, 5.74) is 9.50. The second-order valence-electron chi connectivity index (χ2n) is 4.29. The van der Waals surface area contributed by atoms with Gasteiger partial charge in [-0.25, -0.2) is 0 Å². The van der Waals surface area contributed by atoms with E-state index in [-0.39, 0.29) is 0 Å². The van der Waals surface area contributed by atoms with Crippen molar-refractivity contribution in [2.75, 3.05) is 11.9 Å². The topological polar surface area (TPSA) is 29.3 Å². The Kier molecular flexibility index (Phi) is 3.82. The first kappa shape index (κ1) is 12.1. The number of rotatable bonds is 4. The summed E-state index contributed by atoms with van der Waals surface area (Å²) in [4.78, 5) is 2.29. The first-order valence-electron chi connectivity index (χ1n) is 5.74. The Morgan fingerprint density at radius 2 is 2.00 bits per heavy atom. The fourth-order valence-electron chi connectivity index (χ4n) is 1.96. The van der Waals surface area contributed by atoms with E-state index in [9.17, 15) is 0 Å². The molecular weight excluding hydrogens is 228 g/mol. The minimum Gasteiger partial charge on any atom is -0.362 e. The van der Waals surface area contributed by atoms with Crippen LogP contribution in [0, 0.1) is 6.92 Å². The van der Waals surface area contributed by atoms with Crippen molar-refractivity contribution >= 4 is 16.3 Å². The van der Waals surface area contributed by atoms with E-state index < -0.39 is 0 Å². The van der Waals surface area contributed by atoms with Gasteiger partial charge in [0.15, 0.2) is 0 Å². The molecule has 1 aromatic heterocycles. The van der Waals surface area contributed by atoms with Crippen LogP contribution in [0.2, 0.25) is 0 Å². The van der Waals surface area contributed by atoms with E-state index >= 15 is 0 Å². The molecule has 0 radical (unpaired) electrons. The summed E-state index contributed by atoms with van der Waals surface area (Å²) in [5, 5.41) is 3.47. The molecule has 17 heavy (non-hydrogen) atoms. The molecule has 2 nitrogen and oxygen atoms in total. The SMILES string of the molecule is Cc1ccsc1N(C)Cc1cccc(CN)c1. The summed E-state index contributed by atoms with van der Waals surface area (Å²) < 4.78 is 0. The molecule has 0 saturated carbocycles. The van der Waals surface area contributed by atoms with Gasteiger partial charge in [-0.1, -0.05) is 24.3 Å². The van der Waals surface area contributed by atoms with E-state index in [0.717, 1.165) is 6.54 Å². The second kappa shape index (κ2) is 5.34.